The summed E-state index contributed by atoms with van der Waals surface area (Å²) in [6.45, 7) is 1.85. The van der Waals surface area contributed by atoms with E-state index in [4.69, 9.17) is 0 Å². The minimum Gasteiger partial charge on any atom is -0.324 e. The molecule has 0 saturated carbocycles. The molecule has 0 saturated heterocycles. The smallest absolute Gasteiger partial charge is 0.320 e. The van der Waals surface area contributed by atoms with Gasteiger partial charge in [0.05, 0.1) is 11.4 Å². The van der Waals surface area contributed by atoms with Crippen molar-refractivity contribution in [3.63, 3.8) is 0 Å². The average Bonchev–Trinajstić information content (AvgIpc) is 3.16. The Balaban J connectivity index is 1.79. The molecule has 0 radical (unpaired) electrons. The van der Waals surface area contributed by atoms with Crippen LogP contribution in [0.25, 0.3) is 0 Å². The number of anilines is 1. The van der Waals surface area contributed by atoms with Crippen LogP contribution in [0.3, 0.4) is 0 Å². The molecule has 3 aromatic rings. The minimum atomic E-state index is -0.287. The number of aromatic nitrogens is 3. The Hall–Kier alpha value is -2.67. The van der Waals surface area contributed by atoms with E-state index >= 15 is 0 Å². The summed E-state index contributed by atoms with van der Waals surface area (Å²) in [6, 6.07) is 9.21. The van der Waals surface area contributed by atoms with Gasteiger partial charge in [-0.25, -0.2) is 9.78 Å². The lowest BCUT2D eigenvalue weighted by atomic mass is 10.1. The zero-order valence-electron chi connectivity index (χ0n) is 12.9. The maximum atomic E-state index is 12.4. The molecule has 0 unspecified atom stereocenters. The SMILES string of the molecule is Cc1nn(C)cc1NC(=O)N[C@H](c1ccccc1)c1nccs1. The Kier molecular flexibility index (Phi) is 4.38. The van der Waals surface area contributed by atoms with Crippen molar-refractivity contribution in [2.75, 3.05) is 5.32 Å². The van der Waals surface area contributed by atoms with Crippen LogP contribution in [0.4, 0.5) is 10.5 Å². The van der Waals surface area contributed by atoms with Crippen LogP contribution in [0, 0.1) is 6.92 Å². The van der Waals surface area contributed by atoms with E-state index in [1.807, 2.05) is 49.7 Å². The van der Waals surface area contributed by atoms with Gasteiger partial charge in [0, 0.05) is 24.8 Å². The molecule has 1 aromatic carbocycles. The fourth-order valence-electron chi connectivity index (χ4n) is 2.32. The fraction of sp³-hybridized carbons (Fsp3) is 0.188. The molecule has 0 aliphatic rings. The summed E-state index contributed by atoms with van der Waals surface area (Å²) in [5.74, 6) is 0. The van der Waals surface area contributed by atoms with Crippen molar-refractivity contribution in [3.8, 4) is 0 Å². The van der Waals surface area contributed by atoms with E-state index in [1.165, 1.54) is 11.3 Å². The van der Waals surface area contributed by atoms with Gasteiger partial charge in [0.1, 0.15) is 11.0 Å². The predicted molar refractivity (Wildman–Crippen MR) is 90.5 cm³/mol. The normalized spacial score (nSPS) is 11.9. The number of hydrogen-bond donors (Lipinski definition) is 2. The van der Waals surface area contributed by atoms with E-state index in [0.717, 1.165) is 16.3 Å². The van der Waals surface area contributed by atoms with Crippen molar-refractivity contribution >= 4 is 23.1 Å². The number of hydrogen-bond acceptors (Lipinski definition) is 4. The molecule has 23 heavy (non-hydrogen) atoms. The van der Waals surface area contributed by atoms with Crippen LogP contribution >= 0.6 is 11.3 Å². The molecule has 118 valence electrons. The number of rotatable bonds is 4. The number of carbonyl (C=O) groups excluding carboxylic acids is 1. The summed E-state index contributed by atoms with van der Waals surface area (Å²) in [5, 5.41) is 12.8. The van der Waals surface area contributed by atoms with Crippen LogP contribution in [-0.2, 0) is 7.05 Å². The third-order valence-corrected chi connectivity index (χ3v) is 4.21. The molecular formula is C16H17N5OS. The Labute approximate surface area is 138 Å². The van der Waals surface area contributed by atoms with Crippen LogP contribution in [-0.4, -0.2) is 20.8 Å². The molecule has 2 amide bonds. The molecule has 0 aliphatic heterocycles. The first-order valence-electron chi connectivity index (χ1n) is 7.15. The third-order valence-electron chi connectivity index (χ3n) is 3.37. The highest BCUT2D eigenvalue weighted by atomic mass is 32.1. The van der Waals surface area contributed by atoms with E-state index < -0.39 is 0 Å². The highest BCUT2D eigenvalue weighted by Crippen LogP contribution is 2.24. The van der Waals surface area contributed by atoms with Crippen LogP contribution in [0.15, 0.2) is 48.1 Å². The van der Waals surface area contributed by atoms with Gasteiger partial charge in [-0.15, -0.1) is 11.3 Å². The zero-order valence-corrected chi connectivity index (χ0v) is 13.7. The molecule has 2 aromatic heterocycles. The highest BCUT2D eigenvalue weighted by molar-refractivity contribution is 7.09. The summed E-state index contributed by atoms with van der Waals surface area (Å²) in [6.07, 6.45) is 3.51. The van der Waals surface area contributed by atoms with Crippen LogP contribution < -0.4 is 10.6 Å². The number of carbonyl (C=O) groups is 1. The minimum absolute atomic E-state index is 0.284. The Bertz CT molecular complexity index is 782. The molecule has 1 atom stereocenters. The number of nitrogens with zero attached hydrogens (tertiary/aromatic N) is 3. The number of nitrogens with one attached hydrogen (secondary N) is 2. The van der Waals surface area contributed by atoms with Crippen molar-refractivity contribution in [3.05, 3.63) is 64.4 Å². The van der Waals surface area contributed by atoms with Crippen molar-refractivity contribution in [1.82, 2.24) is 20.1 Å². The number of benzene rings is 1. The van der Waals surface area contributed by atoms with Gasteiger partial charge < -0.3 is 10.6 Å². The second kappa shape index (κ2) is 6.62. The number of thiazole rings is 1. The van der Waals surface area contributed by atoms with E-state index in [0.29, 0.717) is 5.69 Å². The zero-order chi connectivity index (χ0) is 16.2. The fourth-order valence-corrected chi connectivity index (χ4v) is 3.04. The van der Waals surface area contributed by atoms with Crippen LogP contribution in [0.2, 0.25) is 0 Å². The molecule has 0 aliphatic carbocycles. The Morgan fingerprint density at radius 1 is 1.30 bits per heavy atom. The van der Waals surface area contributed by atoms with Gasteiger partial charge in [0.25, 0.3) is 0 Å². The first kappa shape index (κ1) is 15.2. The van der Waals surface area contributed by atoms with Crippen molar-refractivity contribution in [2.24, 2.45) is 7.05 Å². The van der Waals surface area contributed by atoms with Gasteiger partial charge in [-0.3, -0.25) is 4.68 Å². The van der Waals surface area contributed by atoms with Crippen molar-refractivity contribution in [1.29, 1.82) is 0 Å². The maximum absolute atomic E-state index is 12.4. The lowest BCUT2D eigenvalue weighted by Crippen LogP contribution is -2.33. The highest BCUT2D eigenvalue weighted by Gasteiger charge is 2.19. The van der Waals surface area contributed by atoms with Crippen LogP contribution in [0.5, 0.6) is 0 Å². The summed E-state index contributed by atoms with van der Waals surface area (Å²) in [5.41, 5.74) is 2.45. The molecule has 0 fully saturated rings. The van der Waals surface area contributed by atoms with Gasteiger partial charge in [0.15, 0.2) is 0 Å². The first-order valence-corrected chi connectivity index (χ1v) is 8.03. The summed E-state index contributed by atoms with van der Waals surface area (Å²) in [7, 11) is 1.82. The molecule has 6 nitrogen and oxygen atoms in total. The summed E-state index contributed by atoms with van der Waals surface area (Å²) >= 11 is 1.51. The monoisotopic (exact) mass is 327 g/mol. The number of urea groups is 1. The maximum Gasteiger partial charge on any atom is 0.320 e. The van der Waals surface area contributed by atoms with E-state index in [2.05, 4.69) is 20.7 Å². The number of amides is 2. The molecule has 2 heterocycles. The summed E-state index contributed by atoms with van der Waals surface area (Å²) < 4.78 is 1.67. The van der Waals surface area contributed by atoms with E-state index in [9.17, 15) is 4.79 Å². The van der Waals surface area contributed by atoms with Gasteiger partial charge in [-0.2, -0.15) is 5.10 Å². The molecule has 3 rings (SSSR count). The molecular weight excluding hydrogens is 310 g/mol. The Morgan fingerprint density at radius 2 is 2.09 bits per heavy atom. The first-order chi connectivity index (χ1) is 11.1. The van der Waals surface area contributed by atoms with Crippen LogP contribution in [0.1, 0.15) is 22.3 Å². The van der Waals surface area contributed by atoms with Gasteiger partial charge >= 0.3 is 6.03 Å². The van der Waals surface area contributed by atoms with Gasteiger partial charge in [0.2, 0.25) is 0 Å². The Morgan fingerprint density at radius 3 is 2.70 bits per heavy atom. The lowest BCUT2D eigenvalue weighted by molar-refractivity contribution is 0.250. The lowest BCUT2D eigenvalue weighted by Gasteiger charge is -2.17. The van der Waals surface area contributed by atoms with Crippen molar-refractivity contribution < 1.29 is 4.79 Å². The molecule has 2 N–H and O–H groups in total. The second-order valence-electron chi connectivity index (χ2n) is 5.11. The number of aryl methyl sites for hydroxylation is 2. The second-order valence-corrected chi connectivity index (χ2v) is 6.04. The van der Waals surface area contributed by atoms with Gasteiger partial charge in [-0.1, -0.05) is 30.3 Å². The summed E-state index contributed by atoms with van der Waals surface area (Å²) in [4.78, 5) is 16.7. The molecule has 0 spiro atoms. The standard InChI is InChI=1S/C16H17N5OS/c1-11-13(10-21(2)20-11)18-16(22)19-14(15-17-8-9-23-15)12-6-4-3-5-7-12/h3-10,14H,1-2H3,(H2,18,19,22)/t14-/m1/s1. The largest absolute Gasteiger partial charge is 0.324 e. The third kappa shape index (κ3) is 3.57. The molecule has 7 heteroatoms. The van der Waals surface area contributed by atoms with E-state index in [1.54, 1.807) is 17.1 Å². The molecule has 0 bridgehead atoms. The predicted octanol–water partition coefficient (Wildman–Crippen LogP) is 3.10. The van der Waals surface area contributed by atoms with Crippen molar-refractivity contribution in [2.45, 2.75) is 13.0 Å². The quantitative estimate of drug-likeness (QED) is 0.773. The van der Waals surface area contributed by atoms with E-state index in [-0.39, 0.29) is 12.1 Å². The topological polar surface area (TPSA) is 71.8 Å². The van der Waals surface area contributed by atoms with Gasteiger partial charge in [-0.05, 0) is 12.5 Å². The average molecular weight is 327 g/mol.